The van der Waals surface area contributed by atoms with Gasteiger partial charge < -0.3 is 20.0 Å². The van der Waals surface area contributed by atoms with Crippen molar-refractivity contribution in [1.82, 2.24) is 24.8 Å². The highest BCUT2D eigenvalue weighted by atomic mass is 16.4. The van der Waals surface area contributed by atoms with Crippen molar-refractivity contribution in [3.63, 3.8) is 0 Å². The van der Waals surface area contributed by atoms with Crippen LogP contribution in [0.3, 0.4) is 0 Å². The van der Waals surface area contributed by atoms with E-state index in [4.69, 9.17) is 9.90 Å². The molecule has 1 aliphatic rings. The third-order valence-electron chi connectivity index (χ3n) is 5.93. The molecule has 0 aliphatic carbocycles. The number of carboxylic acid groups (broad SMARTS) is 2. The van der Waals surface area contributed by atoms with Gasteiger partial charge in [-0.2, -0.15) is 0 Å². The van der Waals surface area contributed by atoms with Gasteiger partial charge in [0, 0.05) is 36.8 Å². The van der Waals surface area contributed by atoms with Gasteiger partial charge in [-0.15, -0.1) is 5.10 Å². The predicted octanol–water partition coefficient (Wildman–Crippen LogP) is 3.17. The van der Waals surface area contributed by atoms with Crippen molar-refractivity contribution in [2.75, 3.05) is 25.5 Å². The van der Waals surface area contributed by atoms with Crippen molar-refractivity contribution in [3.05, 3.63) is 30.0 Å². The van der Waals surface area contributed by atoms with E-state index in [0.29, 0.717) is 6.42 Å². The molecule has 0 fully saturated rings. The lowest BCUT2D eigenvalue weighted by Gasteiger charge is -2.43. The van der Waals surface area contributed by atoms with E-state index >= 15 is 0 Å². The fourth-order valence-corrected chi connectivity index (χ4v) is 4.54. The first-order valence-electron chi connectivity index (χ1n) is 11.6. The van der Waals surface area contributed by atoms with Gasteiger partial charge in [0.2, 0.25) is 5.91 Å². The maximum atomic E-state index is 12.4. The van der Waals surface area contributed by atoms with Crippen LogP contribution in [0, 0.1) is 0 Å². The fourth-order valence-electron chi connectivity index (χ4n) is 4.54. The van der Waals surface area contributed by atoms with Crippen LogP contribution in [0.1, 0.15) is 52.1 Å². The lowest BCUT2D eigenvalue weighted by atomic mass is 9.88. The Kier molecular flexibility index (Phi) is 9.76. The lowest BCUT2D eigenvalue weighted by molar-refractivity contribution is -0.123. The minimum atomic E-state index is -0.961. The van der Waals surface area contributed by atoms with Gasteiger partial charge in [0.1, 0.15) is 5.69 Å². The van der Waals surface area contributed by atoms with Crippen LogP contribution in [0.15, 0.2) is 24.4 Å². The third-order valence-corrected chi connectivity index (χ3v) is 5.93. The lowest BCUT2D eigenvalue weighted by Crippen LogP contribution is -2.48. The van der Waals surface area contributed by atoms with Crippen LogP contribution in [-0.4, -0.2) is 86.2 Å². The predicted molar refractivity (Wildman–Crippen MR) is 132 cm³/mol. The van der Waals surface area contributed by atoms with Gasteiger partial charge >= 0.3 is 6.09 Å². The number of nitrogens with zero attached hydrogens (tertiary/aromatic N) is 6. The SMILES string of the molecule is CC(=O)N1c2ccc(-c3cn(CCCN(C)C)nn3)cc2[C@H](N(C(=O)O)C(C)C)C[C@@H]1C.O=CO. The molecule has 2 amide bonds. The molecule has 2 N–H and O–H groups in total. The number of carbonyl (C=O) groups is 3. The van der Waals surface area contributed by atoms with Crippen LogP contribution in [-0.2, 0) is 16.1 Å². The summed E-state index contributed by atoms with van der Waals surface area (Å²) >= 11 is 0. The van der Waals surface area contributed by atoms with Crippen molar-refractivity contribution >= 4 is 24.2 Å². The van der Waals surface area contributed by atoms with Crippen molar-refractivity contribution in [2.24, 2.45) is 0 Å². The van der Waals surface area contributed by atoms with Gasteiger partial charge in [-0.25, -0.2) is 4.79 Å². The first kappa shape index (κ1) is 27.8. The molecule has 0 radical (unpaired) electrons. The Morgan fingerprint density at radius 1 is 1.29 bits per heavy atom. The Morgan fingerprint density at radius 2 is 1.94 bits per heavy atom. The Hall–Kier alpha value is -3.47. The molecular weight excluding hydrogens is 452 g/mol. The average Bonchev–Trinajstić information content (AvgIpc) is 3.22. The summed E-state index contributed by atoms with van der Waals surface area (Å²) in [5.74, 6) is -0.0526. The van der Waals surface area contributed by atoms with E-state index < -0.39 is 6.09 Å². The standard InChI is InChI=1S/C23H34N6O3.CH2O2/c1-15(2)28(23(31)32)22-12-16(3)29(17(4)30)21-9-8-18(13-19(21)22)20-14-27(25-24-20)11-7-10-26(5)6;2-1-3/h8-9,13-16,22H,7,10-12H2,1-6H3,(H,31,32);1H,(H,2,3)/t16-,22+;/m0./s1. The summed E-state index contributed by atoms with van der Waals surface area (Å²) in [6, 6.07) is 5.16. The number of hydrogen-bond acceptors (Lipinski definition) is 6. The number of aryl methyl sites for hydroxylation is 1. The van der Waals surface area contributed by atoms with Crippen LogP contribution in [0.4, 0.5) is 10.5 Å². The van der Waals surface area contributed by atoms with E-state index in [0.717, 1.165) is 42.0 Å². The van der Waals surface area contributed by atoms with Crippen molar-refractivity contribution in [3.8, 4) is 11.3 Å². The van der Waals surface area contributed by atoms with Gasteiger partial charge in [-0.3, -0.25) is 19.2 Å². The molecule has 0 bridgehead atoms. The normalized spacial score (nSPS) is 17.0. The molecule has 11 heteroatoms. The van der Waals surface area contributed by atoms with Crippen LogP contribution in [0.2, 0.25) is 0 Å². The largest absolute Gasteiger partial charge is 0.483 e. The summed E-state index contributed by atoms with van der Waals surface area (Å²) in [6.07, 6.45) is 2.46. The molecule has 1 aliphatic heterocycles. The van der Waals surface area contributed by atoms with Gasteiger partial charge in [0.05, 0.1) is 12.2 Å². The third kappa shape index (κ3) is 6.78. The smallest absolute Gasteiger partial charge is 0.408 e. The molecule has 2 atom stereocenters. The van der Waals surface area contributed by atoms with E-state index in [2.05, 4.69) is 15.2 Å². The maximum absolute atomic E-state index is 12.4. The van der Waals surface area contributed by atoms with Crippen molar-refractivity contribution in [1.29, 1.82) is 0 Å². The van der Waals surface area contributed by atoms with Crippen LogP contribution >= 0.6 is 0 Å². The molecule has 35 heavy (non-hydrogen) atoms. The second kappa shape index (κ2) is 12.3. The zero-order chi connectivity index (χ0) is 26.3. The van der Waals surface area contributed by atoms with Crippen molar-refractivity contribution in [2.45, 2.75) is 65.2 Å². The van der Waals surface area contributed by atoms with Gasteiger partial charge in [-0.1, -0.05) is 11.3 Å². The van der Waals surface area contributed by atoms with Crippen LogP contribution in [0.5, 0.6) is 0 Å². The monoisotopic (exact) mass is 488 g/mol. The Balaban J connectivity index is 0.00000137. The second-order valence-electron chi connectivity index (χ2n) is 9.18. The zero-order valence-electron chi connectivity index (χ0n) is 21.2. The molecule has 1 aromatic carbocycles. The Labute approximate surface area is 205 Å². The first-order chi connectivity index (χ1) is 16.5. The number of benzene rings is 1. The Bertz CT molecular complexity index is 1020. The minimum Gasteiger partial charge on any atom is -0.483 e. The zero-order valence-corrected chi connectivity index (χ0v) is 21.2. The summed E-state index contributed by atoms with van der Waals surface area (Å²) in [4.78, 5) is 38.2. The Morgan fingerprint density at radius 3 is 2.49 bits per heavy atom. The van der Waals surface area contributed by atoms with Crippen molar-refractivity contribution < 1.29 is 24.6 Å². The summed E-state index contributed by atoms with van der Waals surface area (Å²) in [5, 5.41) is 25.4. The van der Waals surface area contributed by atoms with Gasteiger partial charge in [0.25, 0.3) is 6.47 Å². The molecule has 0 unspecified atom stereocenters. The summed E-state index contributed by atoms with van der Waals surface area (Å²) in [6.45, 7) is 8.75. The second-order valence-corrected chi connectivity index (χ2v) is 9.18. The first-order valence-corrected chi connectivity index (χ1v) is 11.6. The molecular formula is C24H36N6O5. The highest BCUT2D eigenvalue weighted by Gasteiger charge is 2.38. The quantitative estimate of drug-likeness (QED) is 0.568. The summed E-state index contributed by atoms with van der Waals surface area (Å²) in [7, 11) is 4.08. The fraction of sp³-hybridized carbons (Fsp3) is 0.542. The molecule has 3 rings (SSSR count). The van der Waals surface area contributed by atoms with Crippen LogP contribution in [0.25, 0.3) is 11.3 Å². The van der Waals surface area contributed by atoms with E-state index in [1.54, 1.807) is 11.8 Å². The van der Waals surface area contributed by atoms with E-state index in [9.17, 15) is 14.7 Å². The summed E-state index contributed by atoms with van der Waals surface area (Å²) in [5.41, 5.74) is 3.18. The number of anilines is 1. The highest BCUT2D eigenvalue weighted by molar-refractivity contribution is 5.94. The van der Waals surface area contributed by atoms with E-state index in [-0.39, 0.29) is 30.5 Å². The number of aromatic nitrogens is 3. The molecule has 2 heterocycles. The molecule has 2 aromatic rings. The minimum absolute atomic E-state index is 0.0526. The topological polar surface area (TPSA) is 132 Å². The molecule has 0 saturated heterocycles. The molecule has 0 spiro atoms. The molecule has 192 valence electrons. The van der Waals surface area contributed by atoms with Gasteiger partial charge in [0.15, 0.2) is 0 Å². The number of fused-ring (bicyclic) bond motifs is 1. The average molecular weight is 489 g/mol. The van der Waals surface area contributed by atoms with Crippen LogP contribution < -0.4 is 4.90 Å². The number of carbonyl (C=O) groups excluding carboxylic acids is 1. The number of amides is 2. The van der Waals surface area contributed by atoms with Gasteiger partial charge in [-0.05, 0) is 71.9 Å². The van der Waals surface area contributed by atoms with E-state index in [1.807, 2.05) is 63.9 Å². The molecule has 1 aromatic heterocycles. The maximum Gasteiger partial charge on any atom is 0.408 e. The number of hydrogen-bond donors (Lipinski definition) is 2. The molecule has 11 nitrogen and oxygen atoms in total. The number of rotatable bonds is 7. The summed E-state index contributed by atoms with van der Waals surface area (Å²) < 4.78 is 1.83. The molecule has 0 saturated carbocycles. The van der Waals surface area contributed by atoms with E-state index in [1.165, 1.54) is 4.90 Å². The highest BCUT2D eigenvalue weighted by Crippen LogP contribution is 2.42.